The van der Waals surface area contributed by atoms with Crippen molar-refractivity contribution in [3.05, 3.63) is 0 Å². The van der Waals surface area contributed by atoms with E-state index < -0.39 is 23.3 Å². The highest BCUT2D eigenvalue weighted by Gasteiger charge is 2.24. The number of hydrogen-bond donors (Lipinski definition) is 9. The van der Waals surface area contributed by atoms with Gasteiger partial charge in [-0.1, -0.05) is 6.92 Å². The Labute approximate surface area is 156 Å². The highest BCUT2D eigenvalue weighted by molar-refractivity contribution is 7.81. The Balaban J connectivity index is -0.000000116. The first kappa shape index (κ1) is 31.1. The smallest absolute Gasteiger partial charge is 0.313 e. The van der Waals surface area contributed by atoms with E-state index in [2.05, 4.69) is 37.9 Å². The van der Waals surface area contributed by atoms with Crippen LogP contribution in [0.5, 0.6) is 0 Å². The fourth-order valence-electron chi connectivity index (χ4n) is 0.485. The van der Waals surface area contributed by atoms with E-state index >= 15 is 0 Å². The quantitative estimate of drug-likeness (QED) is 0.247. The molecule has 9 nitrogen and oxygen atoms in total. The van der Waals surface area contributed by atoms with Crippen molar-refractivity contribution in [3.8, 4) is 0 Å². The van der Waals surface area contributed by atoms with Crippen LogP contribution in [0.3, 0.4) is 0 Å². The average molecular weight is 411 g/mol. The monoisotopic (exact) mass is 410 g/mol. The van der Waals surface area contributed by atoms with Crippen LogP contribution in [-0.2, 0) is 14.4 Å². The van der Waals surface area contributed by atoms with Crippen LogP contribution in [0.4, 0.5) is 0 Å². The summed E-state index contributed by atoms with van der Waals surface area (Å²) in [6.07, 6.45) is 0.594. The number of carbonyl (C=O) groups is 3. The summed E-state index contributed by atoms with van der Waals surface area (Å²) in [5.74, 6) is -2.89. The van der Waals surface area contributed by atoms with Crippen molar-refractivity contribution in [1.29, 1.82) is 0 Å². The first-order chi connectivity index (χ1) is 11.1. The van der Waals surface area contributed by atoms with Gasteiger partial charge >= 0.3 is 17.9 Å². The number of carboxylic acids is 3. The third-order valence-electron chi connectivity index (χ3n) is 2.16. The lowest BCUT2D eigenvalue weighted by atomic mass is 9.88. The summed E-state index contributed by atoms with van der Waals surface area (Å²) in [5, 5.41) is 48.9. The number of carboxylic acid groups (broad SMARTS) is 3. The highest BCUT2D eigenvalue weighted by atomic mass is 32.1. The van der Waals surface area contributed by atoms with Crippen molar-refractivity contribution in [2.45, 2.75) is 13.3 Å². The Morgan fingerprint density at radius 1 is 0.708 bits per heavy atom. The predicted molar refractivity (Wildman–Crippen MR) is 98.4 cm³/mol. The molecule has 0 aliphatic rings. The SMILES string of the molecule is CCC(CO)(CO)CO.O=C(O)CS.O=C(O)CS.O=C(O)CS. The van der Waals surface area contributed by atoms with E-state index in [0.29, 0.717) is 6.42 Å². The van der Waals surface area contributed by atoms with Gasteiger partial charge in [-0.15, -0.1) is 0 Å². The van der Waals surface area contributed by atoms with Crippen LogP contribution >= 0.6 is 37.9 Å². The van der Waals surface area contributed by atoms with E-state index in [-0.39, 0.29) is 37.1 Å². The lowest BCUT2D eigenvalue weighted by molar-refractivity contribution is -0.134. The molecule has 0 rings (SSSR count). The molecule has 0 heterocycles. The molecule has 0 spiro atoms. The summed E-state index contributed by atoms with van der Waals surface area (Å²) >= 11 is 10.2. The summed E-state index contributed by atoms with van der Waals surface area (Å²) in [6.45, 7) is 1.35. The van der Waals surface area contributed by atoms with E-state index in [0.717, 1.165) is 0 Å². The molecule has 0 fully saturated rings. The van der Waals surface area contributed by atoms with Crippen molar-refractivity contribution in [2.24, 2.45) is 5.41 Å². The minimum atomic E-state index is -0.881. The van der Waals surface area contributed by atoms with Gasteiger partial charge in [0.2, 0.25) is 0 Å². The first-order valence-corrected chi connectivity index (χ1v) is 8.26. The zero-order valence-electron chi connectivity index (χ0n) is 13.2. The predicted octanol–water partition coefficient (Wildman–Crippen LogP) is -0.638. The van der Waals surface area contributed by atoms with Crippen molar-refractivity contribution < 1.29 is 45.0 Å². The van der Waals surface area contributed by atoms with Gasteiger partial charge in [0.05, 0.1) is 37.1 Å². The van der Waals surface area contributed by atoms with Crippen LogP contribution in [0.15, 0.2) is 0 Å². The Hall–Kier alpha value is -0.660. The van der Waals surface area contributed by atoms with Crippen LogP contribution in [0, 0.1) is 5.41 Å². The molecule has 0 atom stereocenters. The first-order valence-electron chi connectivity index (χ1n) is 6.36. The Kier molecular flexibility index (Phi) is 29.0. The van der Waals surface area contributed by atoms with Gasteiger partial charge < -0.3 is 30.6 Å². The minimum Gasteiger partial charge on any atom is -0.481 e. The van der Waals surface area contributed by atoms with Gasteiger partial charge in [-0.05, 0) is 6.42 Å². The summed E-state index contributed by atoms with van der Waals surface area (Å²) < 4.78 is 0. The lowest BCUT2D eigenvalue weighted by Gasteiger charge is -2.24. The molecule has 0 amide bonds. The third kappa shape index (κ3) is 29.4. The Bertz CT molecular complexity index is 272. The number of thiol groups is 3. The summed E-state index contributed by atoms with van der Waals surface area (Å²) in [5.41, 5.74) is -0.667. The molecule has 6 N–H and O–H groups in total. The third-order valence-corrected chi connectivity index (χ3v) is 2.97. The molecular formula is C12H26O9S3. The van der Waals surface area contributed by atoms with Crippen molar-refractivity contribution in [2.75, 3.05) is 37.1 Å². The molecule has 0 radical (unpaired) electrons. The molecule has 0 aromatic heterocycles. The van der Waals surface area contributed by atoms with Gasteiger partial charge in [-0.3, -0.25) is 14.4 Å². The maximum absolute atomic E-state index is 9.29. The van der Waals surface area contributed by atoms with E-state index in [9.17, 15) is 14.4 Å². The molecule has 146 valence electrons. The lowest BCUT2D eigenvalue weighted by Crippen LogP contribution is -2.32. The second-order valence-electron chi connectivity index (χ2n) is 3.98. The molecule has 0 aliphatic carbocycles. The Morgan fingerprint density at radius 2 is 0.875 bits per heavy atom. The van der Waals surface area contributed by atoms with Gasteiger partial charge in [0.25, 0.3) is 0 Å². The van der Waals surface area contributed by atoms with Crippen LogP contribution in [0.25, 0.3) is 0 Å². The van der Waals surface area contributed by atoms with Crippen LogP contribution in [-0.4, -0.2) is 85.6 Å². The summed E-state index contributed by atoms with van der Waals surface area (Å²) in [4.78, 5) is 27.9. The molecular weight excluding hydrogens is 384 g/mol. The number of aliphatic hydroxyl groups excluding tert-OH is 3. The Morgan fingerprint density at radius 3 is 0.875 bits per heavy atom. The molecule has 12 heteroatoms. The standard InChI is InChI=1S/C6H14O3.3C2H4O2S/c1-2-6(3-7,4-8)5-9;3*3-2(4)1-5/h7-9H,2-5H2,1H3;3*5H,1H2,(H,3,4). The molecule has 0 saturated heterocycles. The van der Waals surface area contributed by atoms with E-state index in [4.69, 9.17) is 30.6 Å². The largest absolute Gasteiger partial charge is 0.481 e. The molecule has 0 saturated carbocycles. The van der Waals surface area contributed by atoms with Crippen LogP contribution < -0.4 is 0 Å². The fourth-order valence-corrected chi connectivity index (χ4v) is 0.485. The van der Waals surface area contributed by atoms with Gasteiger partial charge in [0, 0.05) is 5.41 Å². The zero-order chi connectivity index (χ0) is 20.2. The van der Waals surface area contributed by atoms with Crippen molar-refractivity contribution >= 4 is 55.8 Å². The molecule has 0 bridgehead atoms. The maximum Gasteiger partial charge on any atom is 0.313 e. The fraction of sp³-hybridized carbons (Fsp3) is 0.750. The van der Waals surface area contributed by atoms with Crippen LogP contribution in [0.2, 0.25) is 0 Å². The normalized spacial score (nSPS) is 9.12. The molecule has 0 aliphatic heterocycles. The summed E-state index contributed by atoms with van der Waals surface area (Å²) in [6, 6.07) is 0. The maximum atomic E-state index is 9.29. The van der Waals surface area contributed by atoms with Gasteiger partial charge in [-0.2, -0.15) is 37.9 Å². The van der Waals surface area contributed by atoms with Gasteiger partial charge in [-0.25, -0.2) is 0 Å². The summed E-state index contributed by atoms with van der Waals surface area (Å²) in [7, 11) is 0. The second kappa shape index (κ2) is 22.3. The molecule has 0 aromatic carbocycles. The van der Waals surface area contributed by atoms with Gasteiger partial charge in [0.15, 0.2) is 0 Å². The second-order valence-corrected chi connectivity index (χ2v) is 4.93. The van der Waals surface area contributed by atoms with E-state index in [1.54, 1.807) is 0 Å². The van der Waals surface area contributed by atoms with Crippen molar-refractivity contribution in [1.82, 2.24) is 0 Å². The molecule has 0 unspecified atom stereocenters. The highest BCUT2D eigenvalue weighted by Crippen LogP contribution is 2.18. The number of rotatable bonds is 7. The number of aliphatic hydroxyl groups is 3. The zero-order valence-corrected chi connectivity index (χ0v) is 15.9. The van der Waals surface area contributed by atoms with Crippen LogP contribution in [0.1, 0.15) is 13.3 Å². The molecule has 0 aromatic rings. The van der Waals surface area contributed by atoms with E-state index in [1.165, 1.54) is 0 Å². The topological polar surface area (TPSA) is 173 Å². The number of aliphatic carboxylic acids is 3. The van der Waals surface area contributed by atoms with Gasteiger partial charge in [0.1, 0.15) is 0 Å². The number of hydrogen-bond acceptors (Lipinski definition) is 9. The van der Waals surface area contributed by atoms with E-state index in [1.807, 2.05) is 6.92 Å². The minimum absolute atomic E-state index is 0.0833. The molecule has 24 heavy (non-hydrogen) atoms. The average Bonchev–Trinajstić information content (AvgIpc) is 2.59. The van der Waals surface area contributed by atoms with Crippen molar-refractivity contribution in [3.63, 3.8) is 0 Å².